The number of aliphatic hydroxyl groups is 1. The number of thioether (sulfide) groups is 1. The number of rotatable bonds is 32. The smallest absolute Gasteiger partial charge is 0.326 e. The number of amides is 1. The predicted octanol–water partition coefficient (Wildman–Crippen LogP) is 5.45. The van der Waals surface area contributed by atoms with Gasteiger partial charge < -0.3 is 38.6 Å². The molecule has 14 nitrogen and oxygen atoms in total. The van der Waals surface area contributed by atoms with Crippen LogP contribution in [0.1, 0.15) is 124 Å². The van der Waals surface area contributed by atoms with E-state index < -0.39 is 67.0 Å². The first kappa shape index (κ1) is 49.1. The summed E-state index contributed by atoms with van der Waals surface area (Å²) in [5.41, 5.74) is 0. The zero-order chi connectivity index (χ0) is 39.0. The van der Waals surface area contributed by atoms with E-state index in [0.29, 0.717) is 25.0 Å². The number of carbonyl (C=O) groups excluding carboxylic acids is 6. The van der Waals surface area contributed by atoms with Gasteiger partial charge in [-0.15, -0.1) is 0 Å². The van der Waals surface area contributed by atoms with Crippen molar-refractivity contribution in [3.8, 4) is 0 Å². The number of carbonyl (C=O) groups is 6. The zero-order valence-corrected chi connectivity index (χ0v) is 33.2. The maximum absolute atomic E-state index is 13.2. The summed E-state index contributed by atoms with van der Waals surface area (Å²) in [6, 6.07) is 0. The molecule has 0 aliphatic heterocycles. The van der Waals surface area contributed by atoms with Gasteiger partial charge in [0.15, 0.2) is 12.2 Å². The highest BCUT2D eigenvalue weighted by Crippen LogP contribution is 2.13. The van der Waals surface area contributed by atoms with Crippen molar-refractivity contribution in [3.05, 3.63) is 0 Å². The van der Waals surface area contributed by atoms with Gasteiger partial charge in [0.1, 0.15) is 32.9 Å². The molecule has 0 heterocycles. The van der Waals surface area contributed by atoms with Gasteiger partial charge in [0.25, 0.3) is 5.24 Å². The van der Waals surface area contributed by atoms with Crippen LogP contribution in [0, 0.1) is 0 Å². The number of unbranched alkanes of at least 4 members (excludes halogenated alkanes) is 10. The average Bonchev–Trinajstić information content (AvgIpc) is 3.11. The maximum atomic E-state index is 13.2. The second-order valence-electron chi connectivity index (χ2n) is 13.0. The molecule has 0 aromatic carbocycles. The van der Waals surface area contributed by atoms with E-state index in [9.17, 15) is 33.9 Å². The lowest BCUT2D eigenvalue weighted by molar-refractivity contribution is -0.168. The van der Waals surface area contributed by atoms with Gasteiger partial charge in [0.05, 0.1) is 6.61 Å². The quantitative estimate of drug-likeness (QED) is 0.0520. The Labute approximate surface area is 315 Å². The highest BCUT2D eigenvalue weighted by molar-refractivity contribution is 8.13. The van der Waals surface area contributed by atoms with Gasteiger partial charge in [-0.25, -0.2) is 0 Å². The molecule has 2 atom stereocenters. The second kappa shape index (κ2) is 32.7. The molecule has 0 rings (SSSR count). The molecule has 0 aromatic rings. The van der Waals surface area contributed by atoms with E-state index in [2.05, 4.69) is 13.8 Å². The minimum atomic E-state index is -1.17. The van der Waals surface area contributed by atoms with Gasteiger partial charge in [-0.1, -0.05) is 96.7 Å². The molecule has 15 heteroatoms. The Morgan fingerprint density at radius 1 is 0.577 bits per heavy atom. The molecule has 0 radical (unpaired) electrons. The first-order valence-corrected chi connectivity index (χ1v) is 20.0. The van der Waals surface area contributed by atoms with Crippen LogP contribution in [0.2, 0.25) is 0 Å². The summed E-state index contributed by atoms with van der Waals surface area (Å²) >= 11 is 0.914. The Kier molecular flexibility index (Phi) is 30.9. The Morgan fingerprint density at radius 3 is 1.48 bits per heavy atom. The SMILES string of the molecule is CCCCCCCCC(=O)OCC(CO)OC(=O)CN(CC(=O)OC(COC(=O)CC)COC(=O)CCCCCCCC)C(=O)SCCCN(C)C. The Morgan fingerprint density at radius 2 is 1.02 bits per heavy atom. The fourth-order valence-electron chi connectivity index (χ4n) is 4.72. The first-order valence-electron chi connectivity index (χ1n) is 19.0. The zero-order valence-electron chi connectivity index (χ0n) is 32.4. The van der Waals surface area contributed by atoms with Crippen molar-refractivity contribution in [2.75, 3.05) is 65.9 Å². The maximum Gasteiger partial charge on any atom is 0.326 e. The van der Waals surface area contributed by atoms with Crippen molar-refractivity contribution in [1.29, 1.82) is 0 Å². The second-order valence-corrected chi connectivity index (χ2v) is 14.0. The minimum Gasteiger partial charge on any atom is -0.462 e. The lowest BCUT2D eigenvalue weighted by Crippen LogP contribution is -2.42. The summed E-state index contributed by atoms with van der Waals surface area (Å²) in [6.07, 6.45) is 10.8. The topological polar surface area (TPSA) is 175 Å². The molecule has 52 heavy (non-hydrogen) atoms. The van der Waals surface area contributed by atoms with E-state index in [1.807, 2.05) is 19.0 Å². The van der Waals surface area contributed by atoms with Crippen molar-refractivity contribution in [1.82, 2.24) is 9.80 Å². The molecule has 0 saturated carbocycles. The molecule has 0 bridgehead atoms. The minimum absolute atomic E-state index is 0.0844. The summed E-state index contributed by atoms with van der Waals surface area (Å²) in [7, 11) is 3.79. The molecule has 0 aliphatic carbocycles. The van der Waals surface area contributed by atoms with Gasteiger partial charge in [-0.05, 0) is 39.9 Å². The van der Waals surface area contributed by atoms with Gasteiger partial charge in [0, 0.05) is 25.0 Å². The average molecular weight is 763 g/mol. The Balaban J connectivity index is 5.32. The summed E-state index contributed by atoms with van der Waals surface area (Å²) in [6.45, 7) is 3.56. The van der Waals surface area contributed by atoms with E-state index in [0.717, 1.165) is 87.4 Å². The van der Waals surface area contributed by atoms with Crippen LogP contribution in [-0.2, 0) is 47.7 Å². The summed E-state index contributed by atoms with van der Waals surface area (Å²) in [5.74, 6) is -2.93. The molecular formula is C37H66N2O12S. The van der Waals surface area contributed by atoms with Crippen LogP contribution in [0.15, 0.2) is 0 Å². The fraction of sp³-hybridized carbons (Fsp3) is 0.838. The molecule has 0 fully saturated rings. The lowest BCUT2D eigenvalue weighted by atomic mass is 10.1. The van der Waals surface area contributed by atoms with Crippen molar-refractivity contribution >= 4 is 46.8 Å². The van der Waals surface area contributed by atoms with E-state index in [1.165, 1.54) is 0 Å². The third-order valence-corrected chi connectivity index (χ3v) is 8.72. The largest absolute Gasteiger partial charge is 0.462 e. The molecule has 1 amide bonds. The molecule has 2 unspecified atom stereocenters. The number of ether oxygens (including phenoxy) is 5. The van der Waals surface area contributed by atoms with Crippen molar-refractivity contribution in [2.45, 2.75) is 136 Å². The predicted molar refractivity (Wildman–Crippen MR) is 199 cm³/mol. The third-order valence-electron chi connectivity index (χ3n) is 7.72. The summed E-state index contributed by atoms with van der Waals surface area (Å²) < 4.78 is 26.4. The van der Waals surface area contributed by atoms with E-state index in [-0.39, 0.29) is 39.1 Å². The molecule has 0 aliphatic rings. The number of hydrogen-bond donors (Lipinski definition) is 1. The monoisotopic (exact) mass is 762 g/mol. The molecule has 0 saturated heterocycles. The van der Waals surface area contributed by atoms with E-state index >= 15 is 0 Å². The third kappa shape index (κ3) is 28.6. The number of nitrogens with zero attached hydrogens (tertiary/aromatic N) is 2. The number of hydrogen-bond acceptors (Lipinski definition) is 14. The van der Waals surface area contributed by atoms with Crippen molar-refractivity contribution in [3.63, 3.8) is 0 Å². The van der Waals surface area contributed by atoms with Gasteiger partial charge in [0.2, 0.25) is 0 Å². The highest BCUT2D eigenvalue weighted by Gasteiger charge is 2.27. The van der Waals surface area contributed by atoms with Gasteiger partial charge in [-0.2, -0.15) is 0 Å². The lowest BCUT2D eigenvalue weighted by Gasteiger charge is -2.24. The van der Waals surface area contributed by atoms with Gasteiger partial charge in [-0.3, -0.25) is 28.8 Å². The van der Waals surface area contributed by atoms with Crippen LogP contribution in [0.3, 0.4) is 0 Å². The highest BCUT2D eigenvalue weighted by atomic mass is 32.2. The normalized spacial score (nSPS) is 12.1. The fourth-order valence-corrected chi connectivity index (χ4v) is 5.48. The molecule has 302 valence electrons. The first-order chi connectivity index (χ1) is 24.9. The Hall–Kier alpha value is -2.91. The number of esters is 5. The molecular weight excluding hydrogens is 696 g/mol. The molecule has 1 N–H and O–H groups in total. The van der Waals surface area contributed by atoms with Crippen LogP contribution in [0.25, 0.3) is 0 Å². The van der Waals surface area contributed by atoms with Crippen LogP contribution in [-0.4, -0.2) is 128 Å². The van der Waals surface area contributed by atoms with E-state index in [4.69, 9.17) is 23.7 Å². The van der Waals surface area contributed by atoms with Crippen LogP contribution in [0.5, 0.6) is 0 Å². The summed E-state index contributed by atoms with van der Waals surface area (Å²) in [4.78, 5) is 78.3. The standard InChI is InChI=1S/C37H66N2O12S/c1-6-9-11-13-15-17-20-33(42)48-27-30(26-40)50-35(44)24-39(37(46)52-23-19-22-38(4)5)25-36(45)51-31(28-47-32(41)8-3)29-49-34(43)21-18-16-14-12-10-7-2/h30-31,40H,6-29H2,1-5H3. The van der Waals surface area contributed by atoms with Crippen LogP contribution >= 0.6 is 11.8 Å². The molecule has 0 aromatic heterocycles. The molecule has 0 spiro atoms. The van der Waals surface area contributed by atoms with E-state index in [1.54, 1.807) is 6.92 Å². The van der Waals surface area contributed by atoms with Crippen LogP contribution < -0.4 is 0 Å². The van der Waals surface area contributed by atoms with Crippen molar-refractivity contribution in [2.24, 2.45) is 0 Å². The summed E-state index contributed by atoms with van der Waals surface area (Å²) in [5, 5.41) is 9.16. The van der Waals surface area contributed by atoms with Gasteiger partial charge >= 0.3 is 29.8 Å². The Bertz CT molecular complexity index is 1010. The van der Waals surface area contributed by atoms with Crippen LogP contribution in [0.4, 0.5) is 4.79 Å². The number of aliphatic hydroxyl groups excluding tert-OH is 1. The van der Waals surface area contributed by atoms with Crippen molar-refractivity contribution < 1.29 is 57.6 Å².